The number of Topliss-reactive ketones (excluding diaryl/α,β-unsaturated/α-hetero) is 1. The molecule has 9 heteroatoms. The monoisotopic (exact) mass is 710 g/mol. The lowest BCUT2D eigenvalue weighted by Crippen LogP contribution is -2.66. The zero-order valence-electron chi connectivity index (χ0n) is 31.8. The van der Waals surface area contributed by atoms with Gasteiger partial charge in [-0.2, -0.15) is 8.42 Å². The van der Waals surface area contributed by atoms with Gasteiger partial charge in [0.05, 0.1) is 10.3 Å². The number of ether oxygens (including phenoxy) is 2. The summed E-state index contributed by atoms with van der Waals surface area (Å²) in [6, 6.07) is 6.46. The summed E-state index contributed by atoms with van der Waals surface area (Å²) in [7, 11) is -4.31. The Balaban J connectivity index is 1.42. The number of fused-ring (bicyclic) bond motifs is 7. The van der Waals surface area contributed by atoms with E-state index in [9.17, 15) is 22.8 Å². The lowest BCUT2D eigenvalue weighted by molar-refractivity contribution is -0.234. The van der Waals surface area contributed by atoms with Gasteiger partial charge in [0.15, 0.2) is 11.9 Å². The third kappa shape index (κ3) is 5.37. The van der Waals surface area contributed by atoms with Crippen molar-refractivity contribution in [1.29, 1.82) is 0 Å². The number of carbonyl (C=O) groups excluding carboxylic acids is 3. The lowest BCUT2D eigenvalue weighted by Gasteiger charge is -2.72. The van der Waals surface area contributed by atoms with Crippen molar-refractivity contribution in [3.63, 3.8) is 0 Å². The zero-order chi connectivity index (χ0) is 36.8. The third-order valence-corrected chi connectivity index (χ3v) is 16.3. The molecule has 0 aromatic heterocycles. The van der Waals surface area contributed by atoms with Gasteiger partial charge in [-0.1, -0.05) is 66.2 Å². The van der Waals surface area contributed by atoms with Crippen LogP contribution in [0.1, 0.15) is 119 Å². The molecule has 0 spiro atoms. The molecule has 1 aromatic rings. The van der Waals surface area contributed by atoms with Crippen molar-refractivity contribution in [3.8, 4) is 0 Å². The number of rotatable bonds is 7. The van der Waals surface area contributed by atoms with Crippen LogP contribution in [0, 0.1) is 57.7 Å². The number of carbonyl (C=O) groups is 3. The van der Waals surface area contributed by atoms with Crippen molar-refractivity contribution in [1.82, 2.24) is 0 Å². The Bertz CT molecular complexity index is 1710. The summed E-state index contributed by atoms with van der Waals surface area (Å²) < 4.78 is 45.4. The first kappa shape index (κ1) is 37.2. The molecule has 4 saturated carbocycles. The second kappa shape index (κ2) is 12.3. The van der Waals surface area contributed by atoms with Crippen LogP contribution >= 0.6 is 0 Å². The van der Waals surface area contributed by atoms with E-state index in [0.717, 1.165) is 56.1 Å². The predicted molar refractivity (Wildman–Crippen MR) is 190 cm³/mol. The van der Waals surface area contributed by atoms with Crippen LogP contribution in [0.5, 0.6) is 0 Å². The van der Waals surface area contributed by atoms with Gasteiger partial charge in [-0.3, -0.25) is 18.6 Å². The van der Waals surface area contributed by atoms with E-state index in [1.807, 2.05) is 20.8 Å². The number of hydrogen-bond donors (Lipinski definition) is 0. The molecule has 0 amide bonds. The Morgan fingerprint density at radius 1 is 0.840 bits per heavy atom. The fraction of sp³-hybridized carbons (Fsp3) is 0.732. The molecule has 0 saturated heterocycles. The Labute approximate surface area is 299 Å². The number of benzene rings is 1. The van der Waals surface area contributed by atoms with E-state index < -0.39 is 27.6 Å². The van der Waals surface area contributed by atoms with Crippen LogP contribution in [0.15, 0.2) is 40.3 Å². The summed E-state index contributed by atoms with van der Waals surface area (Å²) in [5.41, 5.74) is 1.15. The Kier molecular flexibility index (Phi) is 9.15. The second-order valence-corrected chi connectivity index (χ2v) is 19.7. The van der Waals surface area contributed by atoms with E-state index in [2.05, 4.69) is 34.6 Å². The van der Waals surface area contributed by atoms with Gasteiger partial charge in [-0.05, 0) is 116 Å². The van der Waals surface area contributed by atoms with Crippen LogP contribution in [-0.4, -0.2) is 45.0 Å². The minimum absolute atomic E-state index is 0.00287. The fourth-order valence-electron chi connectivity index (χ4n) is 12.5. The van der Waals surface area contributed by atoms with Gasteiger partial charge in [0.25, 0.3) is 10.1 Å². The van der Waals surface area contributed by atoms with Gasteiger partial charge >= 0.3 is 11.9 Å². The highest BCUT2D eigenvalue weighted by molar-refractivity contribution is 7.86. The molecule has 0 heterocycles. The van der Waals surface area contributed by atoms with Gasteiger partial charge < -0.3 is 9.47 Å². The van der Waals surface area contributed by atoms with Crippen LogP contribution < -0.4 is 0 Å². The molecule has 5 aliphatic rings. The van der Waals surface area contributed by atoms with Crippen LogP contribution in [0.25, 0.3) is 0 Å². The zero-order valence-corrected chi connectivity index (χ0v) is 32.6. The van der Waals surface area contributed by atoms with Crippen LogP contribution in [0.3, 0.4) is 0 Å². The molecule has 276 valence electrons. The number of ketones is 1. The molecule has 0 bridgehead atoms. The molecule has 5 aliphatic carbocycles. The summed E-state index contributed by atoms with van der Waals surface area (Å²) in [6.45, 7) is 20.6. The van der Waals surface area contributed by atoms with Crippen LogP contribution in [0.4, 0.5) is 0 Å². The highest BCUT2D eigenvalue weighted by Gasteiger charge is 2.72. The van der Waals surface area contributed by atoms with Gasteiger partial charge in [0.2, 0.25) is 0 Å². The van der Waals surface area contributed by atoms with Crippen molar-refractivity contribution >= 4 is 27.8 Å². The van der Waals surface area contributed by atoms with Crippen molar-refractivity contribution in [3.05, 3.63) is 41.0 Å². The summed E-state index contributed by atoms with van der Waals surface area (Å²) >= 11 is 0. The van der Waals surface area contributed by atoms with Gasteiger partial charge in [0, 0.05) is 24.8 Å². The summed E-state index contributed by atoms with van der Waals surface area (Å²) in [6.07, 6.45) is 5.61. The molecule has 8 nitrogen and oxygen atoms in total. The van der Waals surface area contributed by atoms with Crippen molar-refractivity contribution in [2.45, 2.75) is 138 Å². The number of hydrogen-bond acceptors (Lipinski definition) is 8. The molecule has 0 radical (unpaired) electrons. The van der Waals surface area contributed by atoms with E-state index in [4.69, 9.17) is 13.7 Å². The lowest BCUT2D eigenvalue weighted by atomic mass is 9.33. The van der Waals surface area contributed by atoms with E-state index in [1.54, 1.807) is 12.1 Å². The molecule has 0 N–H and O–H groups in total. The molecular formula is C41H58O8S. The van der Waals surface area contributed by atoms with Crippen LogP contribution in [0.2, 0.25) is 0 Å². The summed E-state index contributed by atoms with van der Waals surface area (Å²) in [5, 5.41) is 0. The SMILES string of the molecule is CC(=O)OC[C@@]12CC[C@]3(C)[C@H](CC[C@@H]4[C@@]5(C)CC[C@H](OC(C)=O)C(C)(C)[C@@H]5CC[C@]43C)C1=C(C(C)C)C(=O)[C@H]2OS(=O)(=O)c1ccc(C)cc1. The van der Waals surface area contributed by atoms with E-state index >= 15 is 0 Å². The largest absolute Gasteiger partial charge is 0.465 e. The second-order valence-electron chi connectivity index (χ2n) is 18.1. The van der Waals surface area contributed by atoms with Gasteiger partial charge in [-0.15, -0.1) is 0 Å². The normalized spacial score (nSPS) is 39.3. The van der Waals surface area contributed by atoms with E-state index in [1.165, 1.54) is 26.0 Å². The maximum Gasteiger partial charge on any atom is 0.302 e. The Hall–Kier alpha value is -2.52. The molecule has 0 unspecified atom stereocenters. The van der Waals surface area contributed by atoms with E-state index in [0.29, 0.717) is 23.8 Å². The quantitative estimate of drug-likeness (QED) is 0.206. The highest BCUT2D eigenvalue weighted by atomic mass is 32.2. The van der Waals surface area contributed by atoms with E-state index in [-0.39, 0.29) is 62.9 Å². The summed E-state index contributed by atoms with van der Waals surface area (Å²) in [4.78, 5) is 39.1. The van der Waals surface area contributed by atoms with Gasteiger partial charge in [0.1, 0.15) is 12.7 Å². The highest BCUT2D eigenvalue weighted by Crippen LogP contribution is 2.77. The maximum absolute atomic E-state index is 14.7. The maximum atomic E-state index is 14.7. The first-order valence-electron chi connectivity index (χ1n) is 18.7. The Morgan fingerprint density at radius 3 is 2.10 bits per heavy atom. The molecule has 0 aliphatic heterocycles. The van der Waals surface area contributed by atoms with Crippen molar-refractivity contribution in [2.24, 2.45) is 50.7 Å². The smallest absolute Gasteiger partial charge is 0.302 e. The fourth-order valence-corrected chi connectivity index (χ4v) is 13.6. The molecular weight excluding hydrogens is 653 g/mol. The Morgan fingerprint density at radius 2 is 1.50 bits per heavy atom. The molecule has 9 atom stereocenters. The minimum atomic E-state index is -4.31. The number of aryl methyl sites for hydroxylation is 1. The molecule has 6 rings (SSSR count). The first-order chi connectivity index (χ1) is 23.2. The van der Waals surface area contributed by atoms with Crippen molar-refractivity contribution < 1.29 is 36.5 Å². The molecule has 1 aromatic carbocycles. The van der Waals surface area contributed by atoms with Crippen LogP contribution in [-0.2, 0) is 38.2 Å². The van der Waals surface area contributed by atoms with Crippen molar-refractivity contribution in [2.75, 3.05) is 6.61 Å². The molecule has 50 heavy (non-hydrogen) atoms. The average Bonchev–Trinajstić information content (AvgIpc) is 3.25. The number of esters is 2. The topological polar surface area (TPSA) is 113 Å². The average molecular weight is 711 g/mol. The standard InChI is InChI=1S/C41H58O8S/c1-24(2)33-34-29-15-16-31-38(8)19-18-32(48-27(5)43)37(6,7)30(38)17-20-40(31,10)39(29,9)21-22-41(34,23-47-26(4)42)36(35(33)44)49-50(45,46)28-13-11-25(3)12-14-28/h11-14,24,29-32,36H,15-23H2,1-10H3/t29-,30+,31-,32+,36-,38+,39-,40-,41+/m1/s1. The summed E-state index contributed by atoms with van der Waals surface area (Å²) in [5.74, 6) is -0.292. The molecule has 4 fully saturated rings. The predicted octanol–water partition coefficient (Wildman–Crippen LogP) is 8.15. The minimum Gasteiger partial charge on any atom is -0.465 e. The first-order valence-corrected chi connectivity index (χ1v) is 20.2. The van der Waals surface area contributed by atoms with Gasteiger partial charge in [-0.25, -0.2) is 0 Å². The third-order valence-electron chi connectivity index (χ3n) is 15.0.